The minimum absolute atomic E-state index is 0.0393. The Morgan fingerprint density at radius 1 is 1.60 bits per heavy atom. The molecule has 0 aliphatic carbocycles. The molecular weight excluding hydrogens is 260 g/mol. The van der Waals surface area contributed by atoms with Crippen LogP contribution in [0, 0.1) is 0 Å². The van der Waals surface area contributed by atoms with E-state index in [0.29, 0.717) is 30.8 Å². The number of benzene rings is 1. The van der Waals surface area contributed by atoms with Gasteiger partial charge in [0.1, 0.15) is 5.75 Å². The third-order valence-electron chi connectivity index (χ3n) is 3.25. The number of carbonyl (C=O) groups excluding carboxylic acids is 1. The number of nitrogens with zero attached hydrogens (tertiary/aromatic N) is 4. The molecule has 1 aliphatic heterocycles. The lowest BCUT2D eigenvalue weighted by Crippen LogP contribution is -2.35. The summed E-state index contributed by atoms with van der Waals surface area (Å²) in [5.41, 5.74) is 9.56. The highest BCUT2D eigenvalue weighted by Gasteiger charge is 2.23. The normalized spacial score (nSPS) is 15.1. The molecule has 1 aromatic rings. The van der Waals surface area contributed by atoms with Gasteiger partial charge in [-0.15, -0.1) is 0 Å². The van der Waals surface area contributed by atoms with Crippen LogP contribution < -0.4 is 9.64 Å². The molecule has 0 saturated carbocycles. The number of aliphatic hydroxyl groups excluding tert-OH is 1. The molecule has 20 heavy (non-hydrogen) atoms. The lowest BCUT2D eigenvalue weighted by Gasteiger charge is -2.27. The minimum atomic E-state index is -0.653. The first-order valence-corrected chi connectivity index (χ1v) is 6.35. The predicted molar refractivity (Wildman–Crippen MR) is 73.6 cm³/mol. The van der Waals surface area contributed by atoms with Gasteiger partial charge in [-0.1, -0.05) is 11.2 Å². The number of ether oxygens (including phenoxy) is 1. The number of azide groups is 1. The summed E-state index contributed by atoms with van der Waals surface area (Å²) in [4.78, 5) is 15.8. The van der Waals surface area contributed by atoms with E-state index in [2.05, 4.69) is 10.0 Å². The fourth-order valence-corrected chi connectivity index (χ4v) is 2.06. The Hall–Kier alpha value is -2.24. The zero-order chi connectivity index (χ0) is 14.5. The van der Waals surface area contributed by atoms with E-state index in [-0.39, 0.29) is 12.5 Å². The molecule has 7 nitrogen and oxygen atoms in total. The summed E-state index contributed by atoms with van der Waals surface area (Å²) >= 11 is 0. The van der Waals surface area contributed by atoms with Crippen LogP contribution in [-0.4, -0.2) is 31.2 Å². The Bertz CT molecular complexity index is 555. The Kier molecular flexibility index (Phi) is 4.45. The molecule has 1 amide bonds. The van der Waals surface area contributed by atoms with E-state index >= 15 is 0 Å². The first-order valence-electron chi connectivity index (χ1n) is 6.35. The third-order valence-corrected chi connectivity index (χ3v) is 3.25. The topological polar surface area (TPSA) is 98.5 Å². The largest absolute Gasteiger partial charge is 0.482 e. The second-order valence-corrected chi connectivity index (χ2v) is 4.58. The maximum atomic E-state index is 11.6. The fourth-order valence-electron chi connectivity index (χ4n) is 2.06. The molecule has 1 unspecified atom stereocenters. The molecule has 0 saturated heterocycles. The Morgan fingerprint density at radius 2 is 2.40 bits per heavy atom. The van der Waals surface area contributed by atoms with Gasteiger partial charge in [0.2, 0.25) is 0 Å². The van der Waals surface area contributed by atoms with E-state index < -0.39 is 6.10 Å². The lowest BCUT2D eigenvalue weighted by atomic mass is 10.0. The lowest BCUT2D eigenvalue weighted by molar-refractivity contribution is -0.120. The molecule has 0 bridgehead atoms. The Labute approximate surface area is 116 Å². The van der Waals surface area contributed by atoms with Gasteiger partial charge in [0.25, 0.3) is 5.91 Å². The molecule has 1 N–H and O–H groups in total. The average molecular weight is 276 g/mol. The average Bonchev–Trinajstić information content (AvgIpc) is 2.47. The van der Waals surface area contributed by atoms with Gasteiger partial charge in [-0.2, -0.15) is 0 Å². The maximum Gasteiger partial charge on any atom is 0.264 e. The van der Waals surface area contributed by atoms with E-state index in [4.69, 9.17) is 10.3 Å². The van der Waals surface area contributed by atoms with Crippen molar-refractivity contribution >= 4 is 11.6 Å². The van der Waals surface area contributed by atoms with Crippen LogP contribution in [0.1, 0.15) is 24.5 Å². The molecule has 1 atom stereocenters. The summed E-state index contributed by atoms with van der Waals surface area (Å²) in [6.07, 6.45) is 0.448. The molecule has 106 valence electrons. The molecule has 0 spiro atoms. The number of anilines is 1. The van der Waals surface area contributed by atoms with Gasteiger partial charge in [-0.25, -0.2) is 0 Å². The van der Waals surface area contributed by atoms with Crippen LogP contribution in [0.25, 0.3) is 10.4 Å². The van der Waals surface area contributed by atoms with Crippen molar-refractivity contribution in [2.45, 2.75) is 18.9 Å². The quantitative estimate of drug-likeness (QED) is 0.386. The standard InChI is InChI=1S/C13H16N4O3/c1-17-10-7-9(11(18)3-2-6-15-16-14)4-5-12(10)20-8-13(17)19/h4-5,7,11,18H,2-3,6,8H2,1H3. The highest BCUT2D eigenvalue weighted by molar-refractivity contribution is 5.97. The van der Waals surface area contributed by atoms with Crippen LogP contribution >= 0.6 is 0 Å². The SMILES string of the molecule is CN1C(=O)COc2ccc(C(O)CCCN=[N+]=[N-])cc21. The zero-order valence-electron chi connectivity index (χ0n) is 11.2. The van der Waals surface area contributed by atoms with Gasteiger partial charge in [0.15, 0.2) is 6.61 Å². The summed E-state index contributed by atoms with van der Waals surface area (Å²) in [7, 11) is 1.68. The van der Waals surface area contributed by atoms with Gasteiger partial charge >= 0.3 is 0 Å². The minimum Gasteiger partial charge on any atom is -0.482 e. The maximum absolute atomic E-state index is 11.6. The van der Waals surface area contributed by atoms with Crippen molar-refractivity contribution in [3.8, 4) is 5.75 Å². The van der Waals surface area contributed by atoms with Gasteiger partial charge in [0, 0.05) is 18.5 Å². The molecule has 0 fully saturated rings. The second kappa shape index (κ2) is 6.27. The summed E-state index contributed by atoms with van der Waals surface area (Å²) in [6.45, 7) is 0.400. The van der Waals surface area contributed by atoms with Crippen molar-refractivity contribution in [3.63, 3.8) is 0 Å². The van der Waals surface area contributed by atoms with Crippen LogP contribution in [0.4, 0.5) is 5.69 Å². The molecular formula is C13H16N4O3. The molecule has 1 heterocycles. The summed E-state index contributed by atoms with van der Waals surface area (Å²) < 4.78 is 5.33. The van der Waals surface area contributed by atoms with E-state index in [1.54, 1.807) is 25.2 Å². The van der Waals surface area contributed by atoms with Gasteiger partial charge in [-0.05, 0) is 36.1 Å². The van der Waals surface area contributed by atoms with Crippen molar-refractivity contribution in [2.75, 3.05) is 25.1 Å². The van der Waals surface area contributed by atoms with E-state index in [1.165, 1.54) is 4.90 Å². The van der Waals surface area contributed by atoms with Crippen molar-refractivity contribution in [1.82, 2.24) is 0 Å². The van der Waals surface area contributed by atoms with Crippen molar-refractivity contribution in [3.05, 3.63) is 34.2 Å². The number of fused-ring (bicyclic) bond motifs is 1. The number of rotatable bonds is 5. The molecule has 0 aromatic heterocycles. The van der Waals surface area contributed by atoms with Crippen LogP contribution in [0.3, 0.4) is 0 Å². The van der Waals surface area contributed by atoms with Crippen molar-refractivity contribution < 1.29 is 14.6 Å². The summed E-state index contributed by atoms with van der Waals surface area (Å²) in [6, 6.07) is 5.29. The fraction of sp³-hybridized carbons (Fsp3) is 0.462. The number of hydrogen-bond donors (Lipinski definition) is 1. The van der Waals surface area contributed by atoms with E-state index in [9.17, 15) is 9.90 Å². The van der Waals surface area contributed by atoms with Crippen LogP contribution in [0.15, 0.2) is 23.3 Å². The number of aliphatic hydroxyl groups is 1. The molecule has 0 radical (unpaired) electrons. The predicted octanol–water partition coefficient (Wildman–Crippen LogP) is 2.17. The monoisotopic (exact) mass is 276 g/mol. The first kappa shape index (κ1) is 14.2. The molecule has 7 heteroatoms. The zero-order valence-corrected chi connectivity index (χ0v) is 11.2. The van der Waals surface area contributed by atoms with Gasteiger partial charge in [-0.3, -0.25) is 4.79 Å². The number of likely N-dealkylation sites (N-methyl/N-ethyl adjacent to an activating group) is 1. The molecule has 1 aliphatic rings. The summed E-state index contributed by atoms with van der Waals surface area (Å²) in [5.74, 6) is 0.518. The number of hydrogen-bond acceptors (Lipinski definition) is 4. The highest BCUT2D eigenvalue weighted by Crippen LogP contribution is 2.34. The first-order chi connectivity index (χ1) is 9.63. The Morgan fingerprint density at radius 3 is 3.15 bits per heavy atom. The van der Waals surface area contributed by atoms with Crippen LogP contribution in [-0.2, 0) is 4.79 Å². The third kappa shape index (κ3) is 3.01. The molecule has 2 rings (SSSR count). The Balaban J connectivity index is 2.09. The highest BCUT2D eigenvalue weighted by atomic mass is 16.5. The summed E-state index contributed by atoms with van der Waals surface area (Å²) in [5, 5.41) is 13.5. The van der Waals surface area contributed by atoms with E-state index in [0.717, 1.165) is 5.56 Å². The van der Waals surface area contributed by atoms with Crippen molar-refractivity contribution in [2.24, 2.45) is 5.11 Å². The van der Waals surface area contributed by atoms with Crippen LogP contribution in [0.5, 0.6) is 5.75 Å². The van der Waals surface area contributed by atoms with Crippen LogP contribution in [0.2, 0.25) is 0 Å². The van der Waals surface area contributed by atoms with Gasteiger partial charge < -0.3 is 14.7 Å². The second-order valence-electron chi connectivity index (χ2n) is 4.58. The van der Waals surface area contributed by atoms with E-state index in [1.807, 2.05) is 0 Å². The molecule has 1 aromatic carbocycles. The number of amides is 1. The van der Waals surface area contributed by atoms with Crippen molar-refractivity contribution in [1.29, 1.82) is 0 Å². The number of carbonyl (C=O) groups is 1. The van der Waals surface area contributed by atoms with Gasteiger partial charge in [0.05, 0.1) is 11.8 Å². The smallest absolute Gasteiger partial charge is 0.264 e.